The van der Waals surface area contributed by atoms with Crippen LogP contribution in [0.4, 0.5) is 5.69 Å². The molecule has 138 valence electrons. The van der Waals surface area contributed by atoms with Crippen LogP contribution in [0.1, 0.15) is 22.8 Å². The van der Waals surface area contributed by atoms with Crippen LogP contribution in [0.15, 0.2) is 77.7 Å². The van der Waals surface area contributed by atoms with Gasteiger partial charge in [0.2, 0.25) is 0 Å². The number of para-hydroxylation sites is 2. The number of hydrogen-bond donors (Lipinski definition) is 1. The van der Waals surface area contributed by atoms with Gasteiger partial charge in [-0.25, -0.2) is 0 Å². The molecule has 1 aliphatic heterocycles. The van der Waals surface area contributed by atoms with Gasteiger partial charge in [0.15, 0.2) is 0 Å². The Kier molecular flexibility index (Phi) is 5.26. The third-order valence-corrected chi connectivity index (χ3v) is 6.35. The molecule has 0 saturated carbocycles. The maximum atomic E-state index is 10.2. The van der Waals surface area contributed by atoms with Crippen LogP contribution in [0.5, 0.6) is 11.5 Å². The highest BCUT2D eigenvalue weighted by atomic mass is 32.2. The fourth-order valence-electron chi connectivity index (χ4n) is 3.51. The van der Waals surface area contributed by atoms with Crippen molar-refractivity contribution >= 4 is 17.4 Å². The number of hydrogen-bond acceptors (Lipinski definition) is 4. The molecule has 0 bridgehead atoms. The molecule has 1 N–H and O–H groups in total. The molecule has 3 aromatic carbocycles. The molecule has 0 spiro atoms. The topological polar surface area (TPSA) is 32.7 Å². The Morgan fingerprint density at radius 1 is 1.04 bits per heavy atom. The number of rotatable bonds is 4. The van der Waals surface area contributed by atoms with E-state index in [9.17, 15) is 5.11 Å². The molecule has 3 nitrogen and oxygen atoms in total. The van der Waals surface area contributed by atoms with Crippen molar-refractivity contribution in [2.75, 3.05) is 18.6 Å². The molecule has 0 amide bonds. The van der Waals surface area contributed by atoms with Gasteiger partial charge < -0.3 is 14.7 Å². The summed E-state index contributed by atoms with van der Waals surface area (Å²) in [5.74, 6) is 1.26. The van der Waals surface area contributed by atoms with Gasteiger partial charge in [0.05, 0.1) is 12.8 Å². The van der Waals surface area contributed by atoms with Gasteiger partial charge in [-0.05, 0) is 42.3 Å². The Hall–Kier alpha value is -2.59. The Bertz CT molecular complexity index is 928. The standard InChI is InChI=1S/C23H23NO2S/c1-26-19-9-6-8-17(15-19)22-13-14-24(16-18-7-2-4-11-21(18)25)20-10-3-5-12-23(20)27-22/h2-12,15,22,25H,13-14,16H2,1H3. The molecule has 0 aliphatic carbocycles. The Balaban J connectivity index is 1.64. The highest BCUT2D eigenvalue weighted by molar-refractivity contribution is 7.99. The lowest BCUT2D eigenvalue weighted by molar-refractivity contribution is 0.414. The van der Waals surface area contributed by atoms with Crippen molar-refractivity contribution in [3.8, 4) is 11.5 Å². The van der Waals surface area contributed by atoms with E-state index in [0.29, 0.717) is 17.5 Å². The smallest absolute Gasteiger partial charge is 0.120 e. The van der Waals surface area contributed by atoms with Gasteiger partial charge in [0.1, 0.15) is 11.5 Å². The lowest BCUT2D eigenvalue weighted by Crippen LogP contribution is -2.24. The number of thioether (sulfide) groups is 1. The number of methoxy groups -OCH3 is 1. The second-order valence-corrected chi connectivity index (χ2v) is 7.93. The van der Waals surface area contributed by atoms with Gasteiger partial charge in [-0.15, -0.1) is 11.8 Å². The summed E-state index contributed by atoms with van der Waals surface area (Å²) >= 11 is 1.91. The van der Waals surface area contributed by atoms with Crippen LogP contribution in [0.2, 0.25) is 0 Å². The number of fused-ring (bicyclic) bond motifs is 1. The van der Waals surface area contributed by atoms with Crippen molar-refractivity contribution in [3.63, 3.8) is 0 Å². The molecule has 1 unspecified atom stereocenters. The van der Waals surface area contributed by atoms with Crippen molar-refractivity contribution in [1.29, 1.82) is 0 Å². The summed E-state index contributed by atoms with van der Waals surface area (Å²) in [5.41, 5.74) is 3.48. The van der Waals surface area contributed by atoms with Crippen LogP contribution in [-0.4, -0.2) is 18.8 Å². The number of ether oxygens (including phenoxy) is 1. The van der Waals surface area contributed by atoms with Crippen molar-refractivity contribution in [2.24, 2.45) is 0 Å². The molecule has 4 rings (SSSR count). The normalized spacial score (nSPS) is 16.5. The zero-order valence-electron chi connectivity index (χ0n) is 15.3. The molecule has 1 heterocycles. The van der Waals surface area contributed by atoms with E-state index in [0.717, 1.165) is 24.3 Å². The van der Waals surface area contributed by atoms with Crippen molar-refractivity contribution in [3.05, 3.63) is 83.9 Å². The fraction of sp³-hybridized carbons (Fsp3) is 0.217. The number of phenolic OH excluding ortho intramolecular Hbond substituents is 1. The first kappa shape index (κ1) is 17.8. The first-order valence-corrected chi connectivity index (χ1v) is 10.0. The quantitative estimate of drug-likeness (QED) is 0.637. The summed E-state index contributed by atoms with van der Waals surface area (Å²) < 4.78 is 5.41. The average Bonchev–Trinajstić information content (AvgIpc) is 2.90. The molecule has 0 fully saturated rings. The Morgan fingerprint density at radius 3 is 2.70 bits per heavy atom. The van der Waals surface area contributed by atoms with E-state index in [1.807, 2.05) is 36.0 Å². The summed E-state index contributed by atoms with van der Waals surface area (Å²) in [6.07, 6.45) is 1.03. The summed E-state index contributed by atoms with van der Waals surface area (Å²) in [6.45, 7) is 1.63. The molecular weight excluding hydrogens is 354 g/mol. The lowest BCUT2D eigenvalue weighted by Gasteiger charge is -2.25. The molecule has 27 heavy (non-hydrogen) atoms. The van der Waals surface area contributed by atoms with E-state index in [1.54, 1.807) is 13.2 Å². The number of benzene rings is 3. The van der Waals surface area contributed by atoms with Crippen LogP contribution in [0, 0.1) is 0 Å². The van der Waals surface area contributed by atoms with Gasteiger partial charge in [-0.1, -0.05) is 42.5 Å². The van der Waals surface area contributed by atoms with Crippen LogP contribution < -0.4 is 9.64 Å². The fourth-order valence-corrected chi connectivity index (χ4v) is 4.80. The van der Waals surface area contributed by atoms with Gasteiger partial charge in [-0.2, -0.15) is 0 Å². The van der Waals surface area contributed by atoms with E-state index in [1.165, 1.54) is 16.1 Å². The van der Waals surface area contributed by atoms with Crippen molar-refractivity contribution in [2.45, 2.75) is 23.1 Å². The number of nitrogens with zero attached hydrogens (tertiary/aromatic N) is 1. The van der Waals surface area contributed by atoms with Crippen LogP contribution >= 0.6 is 11.8 Å². The molecule has 0 radical (unpaired) electrons. The van der Waals surface area contributed by atoms with Gasteiger partial charge in [0.25, 0.3) is 0 Å². The number of anilines is 1. The van der Waals surface area contributed by atoms with E-state index >= 15 is 0 Å². The van der Waals surface area contributed by atoms with Gasteiger partial charge >= 0.3 is 0 Å². The first-order chi connectivity index (χ1) is 13.2. The minimum atomic E-state index is 0.358. The molecule has 0 saturated heterocycles. The highest BCUT2D eigenvalue weighted by Gasteiger charge is 2.24. The Morgan fingerprint density at radius 2 is 1.85 bits per heavy atom. The average molecular weight is 378 g/mol. The molecule has 1 atom stereocenters. The maximum absolute atomic E-state index is 10.2. The van der Waals surface area contributed by atoms with E-state index < -0.39 is 0 Å². The summed E-state index contributed by atoms with van der Waals surface area (Å²) in [5, 5.41) is 10.6. The van der Waals surface area contributed by atoms with Gasteiger partial charge in [-0.3, -0.25) is 0 Å². The Labute approximate surface area is 164 Å². The van der Waals surface area contributed by atoms with Crippen LogP contribution in [0.25, 0.3) is 0 Å². The monoisotopic (exact) mass is 377 g/mol. The minimum Gasteiger partial charge on any atom is -0.508 e. The largest absolute Gasteiger partial charge is 0.508 e. The van der Waals surface area contributed by atoms with Crippen molar-refractivity contribution in [1.82, 2.24) is 0 Å². The minimum absolute atomic E-state index is 0.358. The zero-order valence-corrected chi connectivity index (χ0v) is 16.2. The third-order valence-electron chi connectivity index (χ3n) is 4.95. The number of aromatic hydroxyl groups is 1. The number of phenols is 1. The molecule has 0 aromatic heterocycles. The zero-order chi connectivity index (χ0) is 18.6. The summed E-state index contributed by atoms with van der Waals surface area (Å²) in [7, 11) is 1.71. The van der Waals surface area contributed by atoms with E-state index in [-0.39, 0.29) is 0 Å². The predicted octanol–water partition coefficient (Wildman–Crippen LogP) is 5.64. The predicted molar refractivity (Wildman–Crippen MR) is 112 cm³/mol. The third kappa shape index (κ3) is 3.91. The molecule has 1 aliphatic rings. The van der Waals surface area contributed by atoms with E-state index in [4.69, 9.17) is 4.74 Å². The lowest BCUT2D eigenvalue weighted by atomic mass is 10.1. The molecular formula is C23H23NO2S. The summed E-state index contributed by atoms with van der Waals surface area (Å²) in [4.78, 5) is 3.65. The van der Waals surface area contributed by atoms with Crippen LogP contribution in [-0.2, 0) is 6.54 Å². The first-order valence-electron chi connectivity index (χ1n) is 9.16. The summed E-state index contributed by atoms with van der Waals surface area (Å²) in [6, 6.07) is 24.5. The maximum Gasteiger partial charge on any atom is 0.120 e. The van der Waals surface area contributed by atoms with Gasteiger partial charge in [0, 0.05) is 28.8 Å². The SMILES string of the molecule is COc1cccc(C2CCN(Cc3ccccc3O)c3ccccc3S2)c1. The second kappa shape index (κ2) is 7.97. The molecule has 3 aromatic rings. The van der Waals surface area contributed by atoms with Crippen molar-refractivity contribution < 1.29 is 9.84 Å². The highest BCUT2D eigenvalue weighted by Crippen LogP contribution is 2.46. The second-order valence-electron chi connectivity index (χ2n) is 6.69. The van der Waals surface area contributed by atoms with Crippen LogP contribution in [0.3, 0.4) is 0 Å². The van der Waals surface area contributed by atoms with E-state index in [2.05, 4.69) is 47.4 Å². The molecule has 4 heteroatoms.